The molecule has 0 aliphatic carbocycles. The van der Waals surface area contributed by atoms with E-state index in [1.165, 1.54) is 97.4 Å². The van der Waals surface area contributed by atoms with Crippen LogP contribution in [0.25, 0.3) is 97.4 Å². The van der Waals surface area contributed by atoms with Crippen LogP contribution in [-0.2, 0) is 0 Å². The van der Waals surface area contributed by atoms with E-state index in [0.29, 0.717) is 0 Å². The highest BCUT2D eigenvalue weighted by atomic mass is 32.1. The molecule has 0 saturated carbocycles. The number of anilines is 3. The molecule has 0 N–H and O–H groups in total. The minimum absolute atomic E-state index is 1.10. The molecule has 0 aliphatic heterocycles. The van der Waals surface area contributed by atoms with E-state index in [0.717, 1.165) is 17.1 Å². The lowest BCUT2D eigenvalue weighted by molar-refractivity contribution is 1.28. The van der Waals surface area contributed by atoms with Gasteiger partial charge in [0.05, 0.1) is 0 Å². The first kappa shape index (κ1) is 37.7. The molecule has 1 aromatic heterocycles. The van der Waals surface area contributed by atoms with Crippen molar-refractivity contribution in [3.63, 3.8) is 0 Å². The Morgan fingerprint density at radius 2 is 0.531 bits per heavy atom. The van der Waals surface area contributed by atoms with Gasteiger partial charge in [-0.1, -0.05) is 212 Å². The molecular formula is C62H41NS. The number of benzene rings is 11. The van der Waals surface area contributed by atoms with Gasteiger partial charge in [0.1, 0.15) is 0 Å². The van der Waals surface area contributed by atoms with Crippen LogP contribution < -0.4 is 4.90 Å². The van der Waals surface area contributed by atoms with Crippen molar-refractivity contribution in [1.82, 2.24) is 0 Å². The smallest absolute Gasteiger partial charge is 0.0462 e. The SMILES string of the molecule is c1ccc(-c2cccc3c2sc2c(-c4ccc(-c5ccc(N(c6ccc(-c7cccc8ccccc78)cc6)c6ccc(-c7cccc8ccccc78)cc6)cc5)cc4)cccc23)cc1. The Hall–Kier alpha value is -8.04. The van der Waals surface area contributed by atoms with E-state index in [-0.39, 0.29) is 0 Å². The van der Waals surface area contributed by atoms with Gasteiger partial charge in [0, 0.05) is 37.2 Å². The maximum absolute atomic E-state index is 2.36. The Kier molecular flexibility index (Phi) is 9.43. The fourth-order valence-corrected chi connectivity index (χ4v) is 10.9. The van der Waals surface area contributed by atoms with Crippen LogP contribution in [0.3, 0.4) is 0 Å². The van der Waals surface area contributed by atoms with E-state index in [1.807, 2.05) is 11.3 Å². The Morgan fingerprint density at radius 3 is 1.02 bits per heavy atom. The average Bonchev–Trinajstić information content (AvgIpc) is 3.77. The van der Waals surface area contributed by atoms with Crippen molar-refractivity contribution in [2.75, 3.05) is 4.90 Å². The van der Waals surface area contributed by atoms with Gasteiger partial charge in [0.2, 0.25) is 0 Å². The number of hydrogen-bond acceptors (Lipinski definition) is 2. The van der Waals surface area contributed by atoms with Crippen molar-refractivity contribution in [2.24, 2.45) is 0 Å². The Morgan fingerprint density at radius 1 is 0.219 bits per heavy atom. The minimum Gasteiger partial charge on any atom is -0.311 e. The Balaban J connectivity index is 0.884. The van der Waals surface area contributed by atoms with Crippen molar-refractivity contribution >= 4 is 70.1 Å². The molecule has 1 heterocycles. The van der Waals surface area contributed by atoms with Gasteiger partial charge >= 0.3 is 0 Å². The van der Waals surface area contributed by atoms with Crippen LogP contribution in [-0.4, -0.2) is 0 Å². The molecule has 11 aromatic carbocycles. The van der Waals surface area contributed by atoms with E-state index in [9.17, 15) is 0 Å². The second-order valence-corrected chi connectivity index (χ2v) is 17.5. The normalized spacial score (nSPS) is 11.4. The molecular weight excluding hydrogens is 791 g/mol. The van der Waals surface area contributed by atoms with Crippen LogP contribution in [0.15, 0.2) is 249 Å². The second-order valence-electron chi connectivity index (χ2n) is 16.4. The van der Waals surface area contributed by atoms with Gasteiger partial charge in [0.25, 0.3) is 0 Å². The largest absolute Gasteiger partial charge is 0.311 e. The average molecular weight is 832 g/mol. The van der Waals surface area contributed by atoms with Gasteiger partial charge in [-0.3, -0.25) is 0 Å². The third-order valence-corrected chi connectivity index (χ3v) is 14.0. The molecule has 12 rings (SSSR count). The lowest BCUT2D eigenvalue weighted by Crippen LogP contribution is -2.09. The van der Waals surface area contributed by atoms with E-state index in [1.54, 1.807) is 0 Å². The molecule has 0 spiro atoms. The maximum Gasteiger partial charge on any atom is 0.0462 e. The van der Waals surface area contributed by atoms with Crippen LogP contribution in [0.2, 0.25) is 0 Å². The summed E-state index contributed by atoms with van der Waals surface area (Å²) in [5, 5.41) is 7.64. The molecule has 0 saturated heterocycles. The highest BCUT2D eigenvalue weighted by molar-refractivity contribution is 7.26. The lowest BCUT2D eigenvalue weighted by atomic mass is 9.97. The number of thiophene rings is 1. The molecule has 0 radical (unpaired) electrons. The highest BCUT2D eigenvalue weighted by Gasteiger charge is 2.17. The zero-order valence-corrected chi connectivity index (χ0v) is 35.8. The van der Waals surface area contributed by atoms with Gasteiger partial charge in [-0.2, -0.15) is 0 Å². The molecule has 300 valence electrons. The fraction of sp³-hybridized carbons (Fsp3) is 0. The molecule has 2 heteroatoms. The van der Waals surface area contributed by atoms with Gasteiger partial charge in [-0.25, -0.2) is 0 Å². The third-order valence-electron chi connectivity index (χ3n) is 12.7. The summed E-state index contributed by atoms with van der Waals surface area (Å²) in [6.07, 6.45) is 0. The van der Waals surface area contributed by atoms with Crippen molar-refractivity contribution in [3.05, 3.63) is 249 Å². The van der Waals surface area contributed by atoms with Crippen LogP contribution in [0.1, 0.15) is 0 Å². The lowest BCUT2D eigenvalue weighted by Gasteiger charge is -2.26. The fourth-order valence-electron chi connectivity index (χ4n) is 9.52. The van der Waals surface area contributed by atoms with Crippen LogP contribution in [0.5, 0.6) is 0 Å². The molecule has 0 aliphatic rings. The molecule has 0 fully saturated rings. The van der Waals surface area contributed by atoms with Crippen molar-refractivity contribution < 1.29 is 0 Å². The van der Waals surface area contributed by atoms with Crippen molar-refractivity contribution in [1.29, 1.82) is 0 Å². The first-order valence-electron chi connectivity index (χ1n) is 21.9. The number of nitrogens with zero attached hydrogens (tertiary/aromatic N) is 1. The summed E-state index contributed by atoms with van der Waals surface area (Å²) >= 11 is 1.90. The van der Waals surface area contributed by atoms with Crippen molar-refractivity contribution in [2.45, 2.75) is 0 Å². The number of rotatable bonds is 8. The Labute approximate surface area is 377 Å². The summed E-state index contributed by atoms with van der Waals surface area (Å²) in [5.74, 6) is 0. The molecule has 12 aromatic rings. The van der Waals surface area contributed by atoms with Crippen molar-refractivity contribution in [3.8, 4) is 55.6 Å². The molecule has 0 amide bonds. The van der Waals surface area contributed by atoms with Crippen LogP contribution >= 0.6 is 11.3 Å². The second kappa shape index (κ2) is 16.0. The van der Waals surface area contributed by atoms with Crippen LogP contribution in [0.4, 0.5) is 17.1 Å². The maximum atomic E-state index is 2.36. The van der Waals surface area contributed by atoms with E-state index < -0.39 is 0 Å². The zero-order valence-electron chi connectivity index (χ0n) is 35.0. The standard InChI is InChI=1S/C62H41NS/c1-2-12-46(13-3-1)57-22-10-24-59-60-25-11-23-58(62(60)64-61(57)59)49-28-26-42(27-29-49)43-30-36-50(37-31-43)63(51-38-32-47(33-39-51)55-20-8-16-44-14-4-6-18-53(44)55)52-40-34-48(35-41-52)56-21-9-17-45-15-5-7-19-54(45)56/h1-41H. The summed E-state index contributed by atoms with van der Waals surface area (Å²) < 4.78 is 2.66. The Bertz CT molecular complexity index is 3490. The first-order valence-corrected chi connectivity index (χ1v) is 22.7. The predicted molar refractivity (Wildman–Crippen MR) is 276 cm³/mol. The molecule has 0 unspecified atom stereocenters. The van der Waals surface area contributed by atoms with Gasteiger partial charge in [-0.05, 0) is 114 Å². The summed E-state index contributed by atoms with van der Waals surface area (Å²) in [4.78, 5) is 2.36. The number of hydrogen-bond donors (Lipinski definition) is 0. The summed E-state index contributed by atoms with van der Waals surface area (Å²) in [6, 6.07) is 90.7. The van der Waals surface area contributed by atoms with E-state index >= 15 is 0 Å². The number of fused-ring (bicyclic) bond motifs is 5. The topological polar surface area (TPSA) is 3.24 Å². The van der Waals surface area contributed by atoms with Gasteiger partial charge < -0.3 is 4.90 Å². The highest BCUT2D eigenvalue weighted by Crippen LogP contribution is 2.44. The van der Waals surface area contributed by atoms with Crippen LogP contribution in [0, 0.1) is 0 Å². The molecule has 0 bridgehead atoms. The summed E-state index contributed by atoms with van der Waals surface area (Å²) in [7, 11) is 0. The summed E-state index contributed by atoms with van der Waals surface area (Å²) in [5.41, 5.74) is 15.6. The predicted octanol–water partition coefficient (Wildman–Crippen LogP) is 18.2. The quantitative estimate of drug-likeness (QED) is 0.147. The van der Waals surface area contributed by atoms with E-state index in [2.05, 4.69) is 254 Å². The van der Waals surface area contributed by atoms with Gasteiger partial charge in [-0.15, -0.1) is 11.3 Å². The van der Waals surface area contributed by atoms with E-state index in [4.69, 9.17) is 0 Å². The minimum atomic E-state index is 1.10. The molecule has 0 atom stereocenters. The van der Waals surface area contributed by atoms with Gasteiger partial charge in [0.15, 0.2) is 0 Å². The summed E-state index contributed by atoms with van der Waals surface area (Å²) in [6.45, 7) is 0. The third kappa shape index (κ3) is 6.73. The first-order chi connectivity index (χ1) is 31.7. The zero-order chi connectivity index (χ0) is 42.4. The molecule has 64 heavy (non-hydrogen) atoms. The monoisotopic (exact) mass is 831 g/mol. The molecule has 1 nitrogen and oxygen atoms in total.